The molecule has 0 radical (unpaired) electrons. The largest absolute Gasteiger partial charge is 0.490 e. The first kappa shape index (κ1) is 119. The third-order valence-electron chi connectivity index (χ3n) is 24.4. The molecule has 5 heterocycles. The number of aromatic nitrogens is 1. The quantitative estimate of drug-likeness (QED) is 0.0196. The molecule has 0 saturated carbocycles. The van der Waals surface area contributed by atoms with Crippen LogP contribution in [0.2, 0.25) is 0 Å². The van der Waals surface area contributed by atoms with E-state index >= 15 is 14.4 Å². The van der Waals surface area contributed by atoms with Crippen molar-refractivity contribution in [3.8, 4) is 0 Å². The number of piperazine rings is 1. The van der Waals surface area contributed by atoms with Gasteiger partial charge in [-0.1, -0.05) is 105 Å². The zero-order chi connectivity index (χ0) is 107. The van der Waals surface area contributed by atoms with Gasteiger partial charge in [0.25, 0.3) is 0 Å². The molecule has 8 rings (SSSR count). The van der Waals surface area contributed by atoms with Gasteiger partial charge in [0.1, 0.15) is 54.9 Å². The summed E-state index contributed by atoms with van der Waals surface area (Å²) in [6, 6.07) is 10.0. The van der Waals surface area contributed by atoms with E-state index in [1.165, 1.54) is 11.9 Å². The van der Waals surface area contributed by atoms with Gasteiger partial charge in [0.2, 0.25) is 70.9 Å². The summed E-state index contributed by atoms with van der Waals surface area (Å²) in [4.78, 5) is 281. The van der Waals surface area contributed by atoms with E-state index in [0.29, 0.717) is 59.1 Å². The molecule has 4 aliphatic rings. The number of carbonyl (C=O) groups is 20. The number of unbranched alkanes of at least 4 members (excludes halogenated alkanes) is 4. The highest BCUT2D eigenvalue weighted by atomic mass is 19.4. The number of rotatable bonds is 41. The molecule has 19 N–H and O–H groups in total. The van der Waals surface area contributed by atoms with Gasteiger partial charge in [-0.2, -0.15) is 13.2 Å². The number of aromatic amines is 1. The number of benzene rings is 3. The average Bonchev–Trinajstić information content (AvgIpc) is 1.65. The van der Waals surface area contributed by atoms with Crippen molar-refractivity contribution in [2.24, 2.45) is 0 Å². The molecule has 8 atom stereocenters. The van der Waals surface area contributed by atoms with Crippen LogP contribution in [-0.4, -0.2) is 431 Å². The Bertz CT molecular complexity index is 5040. The zero-order valence-corrected chi connectivity index (χ0v) is 81.4. The summed E-state index contributed by atoms with van der Waals surface area (Å²) in [6.07, 6.45) is -2.66. The first-order chi connectivity index (χ1) is 69.5. The molecular weight excluding hydrogens is 1930 g/mol. The minimum Gasteiger partial charge on any atom is -0.481 e. The van der Waals surface area contributed by atoms with Gasteiger partial charge in [-0.15, -0.1) is 0 Å². The van der Waals surface area contributed by atoms with Gasteiger partial charge in [0, 0.05) is 155 Å². The molecule has 4 aromatic rings. The smallest absolute Gasteiger partial charge is 0.481 e. The van der Waals surface area contributed by atoms with E-state index < -0.39 is 219 Å². The van der Waals surface area contributed by atoms with Crippen LogP contribution in [0.1, 0.15) is 113 Å². The van der Waals surface area contributed by atoms with E-state index in [2.05, 4.69) is 63.5 Å². The number of urea groups is 1. The summed E-state index contributed by atoms with van der Waals surface area (Å²) in [5, 5.41) is 95.6. The van der Waals surface area contributed by atoms with Crippen LogP contribution in [0.25, 0.3) is 10.9 Å². The lowest BCUT2D eigenvalue weighted by Crippen LogP contribution is -2.60. The molecule has 14 amide bonds. The third-order valence-corrected chi connectivity index (χ3v) is 24.4. The Kier molecular flexibility index (Phi) is 50.4. The molecule has 804 valence electrons. The predicted molar refractivity (Wildman–Crippen MR) is 511 cm³/mol. The molecular formula is C94H133F3N20O29. The second-order valence-electron chi connectivity index (χ2n) is 35.4. The molecule has 4 aliphatic heterocycles. The number of likely N-dealkylation sites (N-methyl/N-ethyl adjacent to an activating group) is 1. The summed E-state index contributed by atoms with van der Waals surface area (Å²) in [6.45, 7) is -0.321. The van der Waals surface area contributed by atoms with Crippen molar-refractivity contribution in [2.45, 2.75) is 171 Å². The summed E-state index contributed by atoms with van der Waals surface area (Å²) in [5.41, 5.74) is 2.80. The number of hydrogen-bond donors (Lipinski definition) is 19. The Hall–Kier alpha value is -14.1. The number of ether oxygens (including phenoxy) is 2. The second-order valence-corrected chi connectivity index (χ2v) is 35.4. The number of carboxylic acids is 7. The lowest BCUT2D eigenvalue weighted by Gasteiger charge is -2.35. The van der Waals surface area contributed by atoms with Crippen molar-refractivity contribution in [3.63, 3.8) is 0 Å². The summed E-state index contributed by atoms with van der Waals surface area (Å²) >= 11 is 0. The van der Waals surface area contributed by atoms with Gasteiger partial charge < -0.3 is 123 Å². The van der Waals surface area contributed by atoms with E-state index in [9.17, 15) is 121 Å². The number of aliphatic carboxylic acids is 7. The molecule has 0 bridgehead atoms. The summed E-state index contributed by atoms with van der Waals surface area (Å²) in [5.74, 6) is -20.1. The fourth-order valence-electron chi connectivity index (χ4n) is 16.6. The SMILES string of the molecule is CCCCCC[C@@H]1NC(=O)[C@H](Cc2ccc(CNC(=O)COCCOCCNC(=O)CC[C@H](C(=O)O)N3CCN(CC(=O)O)CCN(CC(=O)O)CCN(CC(=O)O)CC3)cc2)NC(=O)[C@H](Cc2ccccc2)N(C)C(=O)CNC(=O)CNC(=O)[C@H]2CCCN2C(=O)[C@H](CC(=O)O)NC(=O)[C@H](CCCCNC(=O)N2CCN(CC(=O)O)CC2)NC(=O)CNC(=O)[C@H](Cc2c[nH]c3ccccc23)NC1=O.O=C(O)C(F)(F)F. The number of carboxylic acid groups (broad SMARTS) is 7. The van der Waals surface area contributed by atoms with Gasteiger partial charge >= 0.3 is 54.0 Å². The highest BCUT2D eigenvalue weighted by Crippen LogP contribution is 2.24. The van der Waals surface area contributed by atoms with Crippen LogP contribution >= 0.6 is 0 Å². The molecule has 52 heteroatoms. The number of para-hydroxylation sites is 1. The number of alkyl halides is 3. The lowest BCUT2D eigenvalue weighted by molar-refractivity contribution is -0.192. The molecule has 146 heavy (non-hydrogen) atoms. The normalized spacial score (nSPS) is 20.4. The standard InChI is InChI=1S/C92H132N20O27.C2HF3O2/c1-3-4-5-9-19-67-86(130)102-69(48-63-51-95-65-18-11-10-17-64(63)65)84(128)98-53-76(115)100-66(20-12-13-28-94-92(137)111-41-37-109(38-42-111)58-83(126)127)85(129)104-70(49-79(118)119)90(134)112-30-14-21-71(112)88(132)99-52-75(114)97-54-78(117)105(2)73(47-60-15-7-6-8-16-60)89(133)103-68(87(131)101-67)46-61-22-24-62(25-23-61)50-96-77(116)59-139-45-44-138-43-29-93-74(113)27-26-72(91(135)136)110-39-35-107(56-81(122)123)33-31-106(55-80(120)121)32-34-108(36-40-110)57-82(124)125;3-2(4,5)1(6)7/h6-8,10-11,15-18,22-25,51,66-73,95H,3-5,9,12-14,19-21,26-50,52-59H2,1-2H3,(H,93,113)(H,94,137)(H,96,116)(H,97,114)(H,98,128)(H,99,132)(H,100,115)(H,101,131)(H,102,130)(H,103,133)(H,104,129)(H,118,119)(H,120,121)(H,122,123)(H,124,125)(H,126,127)(H,135,136);(H,6,7)/t66-,67-,68-,69-,70-,71+,72+,73-;/m0./s1. The van der Waals surface area contributed by atoms with Crippen molar-refractivity contribution >= 4 is 130 Å². The topological polar surface area (TPSA) is 676 Å². The Morgan fingerprint density at radius 1 is 0.473 bits per heavy atom. The minimum absolute atomic E-state index is 0.00147. The molecule has 0 spiro atoms. The highest BCUT2D eigenvalue weighted by molar-refractivity contribution is 6.00. The van der Waals surface area contributed by atoms with E-state index in [0.717, 1.165) is 22.6 Å². The maximum absolute atomic E-state index is 15.4. The van der Waals surface area contributed by atoms with Crippen molar-refractivity contribution in [3.05, 3.63) is 107 Å². The van der Waals surface area contributed by atoms with Crippen LogP contribution in [0.5, 0.6) is 0 Å². The molecule has 1 aromatic heterocycles. The Morgan fingerprint density at radius 2 is 0.986 bits per heavy atom. The maximum Gasteiger partial charge on any atom is 0.490 e. The molecule has 0 aliphatic carbocycles. The molecule has 4 saturated heterocycles. The number of fused-ring (bicyclic) bond motifs is 2. The van der Waals surface area contributed by atoms with E-state index in [4.69, 9.17) is 19.4 Å². The van der Waals surface area contributed by atoms with Crippen LogP contribution in [-0.2, 0) is 126 Å². The Balaban J connectivity index is 0.00000397. The fraction of sp³-hybridized carbons (Fsp3) is 0.574. The minimum atomic E-state index is -5.08. The van der Waals surface area contributed by atoms with Gasteiger partial charge in [0.05, 0.1) is 72.1 Å². The van der Waals surface area contributed by atoms with Gasteiger partial charge in [0.15, 0.2) is 0 Å². The van der Waals surface area contributed by atoms with Crippen molar-refractivity contribution in [1.82, 2.24) is 103 Å². The van der Waals surface area contributed by atoms with Crippen molar-refractivity contribution in [1.29, 1.82) is 0 Å². The first-order valence-corrected chi connectivity index (χ1v) is 48.1. The predicted octanol–water partition coefficient (Wildman–Crippen LogP) is -3.07. The third kappa shape index (κ3) is 43.1. The monoisotopic (exact) mass is 2060 g/mol. The van der Waals surface area contributed by atoms with E-state index in [1.807, 2.05) is 6.92 Å². The van der Waals surface area contributed by atoms with Crippen LogP contribution in [0, 0.1) is 0 Å². The Morgan fingerprint density at radius 3 is 1.58 bits per heavy atom. The number of hydrogen-bond acceptors (Lipinski definition) is 27. The van der Waals surface area contributed by atoms with Crippen LogP contribution < -0.4 is 58.5 Å². The summed E-state index contributed by atoms with van der Waals surface area (Å²) in [7, 11) is 1.31. The Labute approximate surface area is 838 Å². The summed E-state index contributed by atoms with van der Waals surface area (Å²) < 4.78 is 42.9. The maximum atomic E-state index is 15.4. The van der Waals surface area contributed by atoms with Crippen LogP contribution in [0.3, 0.4) is 0 Å². The van der Waals surface area contributed by atoms with Gasteiger partial charge in [-0.05, 0) is 73.3 Å². The van der Waals surface area contributed by atoms with Crippen LogP contribution in [0.15, 0.2) is 85.1 Å². The molecule has 3 aromatic carbocycles. The highest BCUT2D eigenvalue weighted by Gasteiger charge is 2.42. The number of halogens is 3. The second kappa shape index (κ2) is 61.9. The fourth-order valence-corrected chi connectivity index (χ4v) is 16.6. The van der Waals surface area contributed by atoms with Gasteiger partial charge in [-0.3, -0.25) is 111 Å². The number of H-pyrrole nitrogens is 1. The molecule has 49 nitrogen and oxygen atoms in total. The van der Waals surface area contributed by atoms with E-state index in [-0.39, 0.29) is 195 Å². The number of carbonyl (C=O) groups excluding carboxylic acids is 13. The number of nitrogens with zero attached hydrogens (tertiary/aromatic N) is 8. The first-order valence-electron chi connectivity index (χ1n) is 48.1. The van der Waals surface area contributed by atoms with Crippen molar-refractivity contribution in [2.75, 3.05) is 177 Å². The number of nitrogens with one attached hydrogen (secondary N) is 12. The molecule has 4 fully saturated rings. The lowest BCUT2D eigenvalue weighted by atomic mass is 9.99. The van der Waals surface area contributed by atoms with E-state index in [1.54, 1.807) is 110 Å². The zero-order valence-electron chi connectivity index (χ0n) is 81.4. The number of amides is 14. The molecule has 0 unspecified atom stereocenters. The van der Waals surface area contributed by atoms with Gasteiger partial charge in [-0.25, -0.2) is 9.59 Å². The van der Waals surface area contributed by atoms with Crippen molar-refractivity contribution < 1.29 is 154 Å². The average molecular weight is 2060 g/mol. The van der Waals surface area contributed by atoms with Crippen LogP contribution in [0.4, 0.5) is 18.0 Å².